The van der Waals surface area contributed by atoms with E-state index in [4.69, 9.17) is 5.73 Å². The number of aliphatic hydroxyl groups is 1. The Kier molecular flexibility index (Phi) is 4.90. The summed E-state index contributed by atoms with van der Waals surface area (Å²) in [5.74, 6) is 0.976. The van der Waals surface area contributed by atoms with Crippen molar-refractivity contribution in [2.24, 2.45) is 0 Å². The summed E-state index contributed by atoms with van der Waals surface area (Å²) >= 11 is 0. The van der Waals surface area contributed by atoms with Crippen molar-refractivity contribution in [1.29, 1.82) is 0 Å². The van der Waals surface area contributed by atoms with Gasteiger partial charge >= 0.3 is 6.61 Å². The molecule has 1 atom stereocenters. The number of nitrogen functional groups attached to an aromatic ring is 1. The van der Waals surface area contributed by atoms with Crippen LogP contribution in [0.15, 0.2) is 18.3 Å². The summed E-state index contributed by atoms with van der Waals surface area (Å²) in [6.07, 6.45) is 2.71. The van der Waals surface area contributed by atoms with Crippen LogP contribution in [0, 0.1) is 0 Å². The summed E-state index contributed by atoms with van der Waals surface area (Å²) in [6.45, 7) is 1.86. The smallest absolute Gasteiger partial charge is 0.387 e. The third kappa shape index (κ3) is 3.98. The first-order chi connectivity index (χ1) is 12.3. The van der Waals surface area contributed by atoms with Crippen molar-refractivity contribution in [1.82, 2.24) is 15.0 Å². The molecule has 1 aliphatic rings. The molecule has 7 nitrogen and oxygen atoms in total. The number of hydrogen-bond acceptors (Lipinski definition) is 7. The fourth-order valence-corrected chi connectivity index (χ4v) is 2.88. The number of nitrogens with zero attached hydrogens (tertiary/aromatic N) is 4. The Morgan fingerprint density at radius 1 is 1.38 bits per heavy atom. The van der Waals surface area contributed by atoms with Gasteiger partial charge in [-0.15, -0.1) is 0 Å². The number of rotatable bonds is 5. The SMILES string of the molecule is CCc1nc(-c2cnc(N)c(OC(F)F)c2)cc(N2CCC(C)(O)C2)n1. The van der Waals surface area contributed by atoms with Gasteiger partial charge in [-0.05, 0) is 19.4 Å². The molecule has 0 radical (unpaired) electrons. The summed E-state index contributed by atoms with van der Waals surface area (Å²) in [5.41, 5.74) is 5.86. The molecule has 0 aliphatic carbocycles. The number of nitrogens with two attached hydrogens (primary N) is 1. The number of ether oxygens (including phenoxy) is 1. The zero-order chi connectivity index (χ0) is 18.9. The maximum absolute atomic E-state index is 12.5. The molecule has 2 aromatic rings. The highest BCUT2D eigenvalue weighted by atomic mass is 19.3. The molecule has 0 amide bonds. The lowest BCUT2D eigenvalue weighted by molar-refractivity contribution is -0.0494. The van der Waals surface area contributed by atoms with Gasteiger partial charge in [-0.1, -0.05) is 6.92 Å². The topological polar surface area (TPSA) is 97.4 Å². The summed E-state index contributed by atoms with van der Waals surface area (Å²) in [5, 5.41) is 10.2. The lowest BCUT2D eigenvalue weighted by atomic mass is 10.1. The molecular formula is C17H21F2N5O2. The first-order valence-electron chi connectivity index (χ1n) is 8.33. The van der Waals surface area contributed by atoms with Crippen molar-refractivity contribution in [2.75, 3.05) is 23.7 Å². The second kappa shape index (κ2) is 6.99. The molecule has 0 bridgehead atoms. The molecule has 0 aromatic carbocycles. The van der Waals surface area contributed by atoms with E-state index in [1.807, 2.05) is 11.8 Å². The standard InChI is InChI=1S/C17H21F2N5O2/c1-3-13-22-11(7-14(23-13)24-5-4-17(2,25)9-24)10-6-12(26-16(18)19)15(20)21-8-10/h6-8,16,25H,3-5,9H2,1-2H3,(H2,20,21). The van der Waals surface area contributed by atoms with Crippen LogP contribution in [0.2, 0.25) is 0 Å². The molecule has 3 heterocycles. The zero-order valence-corrected chi connectivity index (χ0v) is 14.6. The van der Waals surface area contributed by atoms with E-state index >= 15 is 0 Å². The van der Waals surface area contributed by atoms with Crippen LogP contribution in [0.3, 0.4) is 0 Å². The van der Waals surface area contributed by atoms with Gasteiger partial charge in [0, 0.05) is 37.3 Å². The average molecular weight is 365 g/mol. The van der Waals surface area contributed by atoms with Gasteiger partial charge < -0.3 is 20.5 Å². The Hall–Kier alpha value is -2.55. The summed E-state index contributed by atoms with van der Waals surface area (Å²) in [4.78, 5) is 14.9. The minimum absolute atomic E-state index is 0.116. The quantitative estimate of drug-likeness (QED) is 0.839. The van der Waals surface area contributed by atoms with Gasteiger partial charge in [0.2, 0.25) is 0 Å². The Morgan fingerprint density at radius 2 is 2.15 bits per heavy atom. The third-order valence-corrected chi connectivity index (χ3v) is 4.24. The van der Waals surface area contributed by atoms with E-state index in [0.717, 1.165) is 0 Å². The number of anilines is 2. The van der Waals surface area contributed by atoms with Crippen LogP contribution in [0.1, 0.15) is 26.1 Å². The molecule has 2 aromatic heterocycles. The number of aromatic nitrogens is 3. The molecular weight excluding hydrogens is 344 g/mol. The minimum Gasteiger partial charge on any atom is -0.431 e. The van der Waals surface area contributed by atoms with Gasteiger partial charge in [0.15, 0.2) is 11.6 Å². The van der Waals surface area contributed by atoms with E-state index in [9.17, 15) is 13.9 Å². The molecule has 140 valence electrons. The van der Waals surface area contributed by atoms with Gasteiger partial charge in [0.1, 0.15) is 11.6 Å². The van der Waals surface area contributed by atoms with Crippen LogP contribution < -0.4 is 15.4 Å². The van der Waals surface area contributed by atoms with Crippen molar-refractivity contribution in [2.45, 2.75) is 38.9 Å². The zero-order valence-electron chi connectivity index (χ0n) is 14.6. The van der Waals surface area contributed by atoms with Gasteiger partial charge in [0.05, 0.1) is 11.3 Å². The number of halogens is 2. The van der Waals surface area contributed by atoms with Gasteiger partial charge in [-0.3, -0.25) is 0 Å². The molecule has 1 aliphatic heterocycles. The number of alkyl halides is 2. The van der Waals surface area contributed by atoms with Crippen LogP contribution in [-0.2, 0) is 6.42 Å². The van der Waals surface area contributed by atoms with Crippen LogP contribution in [-0.4, -0.2) is 45.4 Å². The molecule has 26 heavy (non-hydrogen) atoms. The third-order valence-electron chi connectivity index (χ3n) is 4.24. The highest BCUT2D eigenvalue weighted by molar-refractivity contribution is 5.66. The summed E-state index contributed by atoms with van der Waals surface area (Å²) in [6, 6.07) is 3.14. The maximum Gasteiger partial charge on any atom is 0.387 e. The Labute approximate surface area is 149 Å². The molecule has 3 rings (SSSR count). The number of hydrogen-bond donors (Lipinski definition) is 2. The van der Waals surface area contributed by atoms with Crippen molar-refractivity contribution in [3.05, 3.63) is 24.2 Å². The molecule has 1 saturated heterocycles. The van der Waals surface area contributed by atoms with E-state index in [2.05, 4.69) is 19.7 Å². The largest absolute Gasteiger partial charge is 0.431 e. The van der Waals surface area contributed by atoms with Crippen molar-refractivity contribution in [3.8, 4) is 17.0 Å². The van der Waals surface area contributed by atoms with E-state index in [-0.39, 0.29) is 11.6 Å². The van der Waals surface area contributed by atoms with Crippen molar-refractivity contribution >= 4 is 11.6 Å². The highest BCUT2D eigenvalue weighted by Crippen LogP contribution is 2.31. The monoisotopic (exact) mass is 365 g/mol. The van der Waals surface area contributed by atoms with E-state index in [1.54, 1.807) is 13.0 Å². The molecule has 1 fully saturated rings. The second-order valence-electron chi connectivity index (χ2n) is 6.54. The number of aryl methyl sites for hydroxylation is 1. The van der Waals surface area contributed by atoms with Crippen molar-refractivity contribution in [3.63, 3.8) is 0 Å². The normalized spacial score (nSPS) is 20.0. The maximum atomic E-state index is 12.5. The lowest BCUT2D eigenvalue weighted by Crippen LogP contribution is -2.30. The molecule has 9 heteroatoms. The predicted molar refractivity (Wildman–Crippen MR) is 93.1 cm³/mol. The fourth-order valence-electron chi connectivity index (χ4n) is 2.88. The summed E-state index contributed by atoms with van der Waals surface area (Å²) in [7, 11) is 0. The Balaban J connectivity index is 1.99. The molecule has 3 N–H and O–H groups in total. The molecule has 1 unspecified atom stereocenters. The van der Waals surface area contributed by atoms with E-state index < -0.39 is 12.2 Å². The van der Waals surface area contributed by atoms with E-state index in [0.29, 0.717) is 48.8 Å². The molecule has 0 spiro atoms. The first kappa shape index (κ1) is 18.2. The van der Waals surface area contributed by atoms with Gasteiger partial charge in [0.25, 0.3) is 0 Å². The average Bonchev–Trinajstić information content (AvgIpc) is 2.96. The Morgan fingerprint density at radius 3 is 2.77 bits per heavy atom. The Bertz CT molecular complexity index is 801. The predicted octanol–water partition coefficient (Wildman–Crippen LogP) is 2.25. The van der Waals surface area contributed by atoms with Crippen LogP contribution in [0.5, 0.6) is 5.75 Å². The lowest BCUT2D eigenvalue weighted by Gasteiger charge is -2.21. The molecule has 0 saturated carbocycles. The van der Waals surface area contributed by atoms with Crippen LogP contribution >= 0.6 is 0 Å². The van der Waals surface area contributed by atoms with Crippen LogP contribution in [0.25, 0.3) is 11.3 Å². The minimum atomic E-state index is -2.99. The summed E-state index contributed by atoms with van der Waals surface area (Å²) < 4.78 is 29.5. The first-order valence-corrected chi connectivity index (χ1v) is 8.33. The number of β-amino-alcohol motifs (C(OH)–C–C–N with tert-alkyl or cyclic N) is 1. The second-order valence-corrected chi connectivity index (χ2v) is 6.54. The van der Waals surface area contributed by atoms with Crippen molar-refractivity contribution < 1.29 is 18.6 Å². The van der Waals surface area contributed by atoms with Gasteiger partial charge in [-0.2, -0.15) is 8.78 Å². The van der Waals surface area contributed by atoms with Gasteiger partial charge in [-0.25, -0.2) is 15.0 Å². The fraction of sp³-hybridized carbons (Fsp3) is 0.471. The van der Waals surface area contributed by atoms with Crippen LogP contribution in [0.4, 0.5) is 20.4 Å². The van der Waals surface area contributed by atoms with E-state index in [1.165, 1.54) is 12.3 Å². The number of pyridine rings is 1. The highest BCUT2D eigenvalue weighted by Gasteiger charge is 2.32.